The monoisotopic (exact) mass is 336 g/mol. The molecule has 1 aliphatic heterocycles. The molecule has 2 aromatic rings. The summed E-state index contributed by atoms with van der Waals surface area (Å²) < 4.78 is 0. The third-order valence-corrected chi connectivity index (χ3v) is 5.42. The molecular formula is C19H20N4S. The lowest BCUT2D eigenvalue weighted by molar-refractivity contribution is 0.507. The standard InChI is InChI=1S/C19H20N4S/c1-5-6-14-8-15(10-21-9-14)16-11-24-18(13(16)3)17-7-12(2)23(4)19(20)22-17/h8-11,17H,2,7H2,1,3-4H3,(H2,20,22). The summed E-state index contributed by atoms with van der Waals surface area (Å²) in [5.41, 5.74) is 11.4. The van der Waals surface area contributed by atoms with Gasteiger partial charge in [0, 0.05) is 47.6 Å². The van der Waals surface area contributed by atoms with E-state index in [9.17, 15) is 0 Å². The first-order valence-corrected chi connectivity index (χ1v) is 8.60. The smallest absolute Gasteiger partial charge is 0.195 e. The maximum absolute atomic E-state index is 6.01. The molecule has 2 N–H and O–H groups in total. The molecule has 0 saturated carbocycles. The quantitative estimate of drug-likeness (QED) is 0.851. The number of aliphatic imine (C=N–C) groups is 1. The van der Waals surface area contributed by atoms with Crippen molar-refractivity contribution in [3.05, 3.63) is 52.1 Å². The molecular weight excluding hydrogens is 316 g/mol. The van der Waals surface area contributed by atoms with Gasteiger partial charge in [0.05, 0.1) is 6.04 Å². The third kappa shape index (κ3) is 2.93. The molecule has 0 saturated heterocycles. The lowest BCUT2D eigenvalue weighted by atomic mass is 10.00. The molecule has 4 nitrogen and oxygen atoms in total. The number of rotatable bonds is 2. The van der Waals surface area contributed by atoms with Crippen molar-refractivity contribution in [3.8, 4) is 23.0 Å². The predicted molar refractivity (Wildman–Crippen MR) is 101 cm³/mol. The molecule has 5 heteroatoms. The minimum Gasteiger partial charge on any atom is -0.370 e. The van der Waals surface area contributed by atoms with Crippen molar-refractivity contribution >= 4 is 17.3 Å². The minimum atomic E-state index is 0.0408. The average molecular weight is 336 g/mol. The summed E-state index contributed by atoms with van der Waals surface area (Å²) in [6, 6.07) is 2.12. The van der Waals surface area contributed by atoms with Gasteiger partial charge in [0.15, 0.2) is 5.96 Å². The van der Waals surface area contributed by atoms with Gasteiger partial charge in [0.2, 0.25) is 0 Å². The fourth-order valence-corrected chi connectivity index (χ4v) is 3.95. The minimum absolute atomic E-state index is 0.0408. The lowest BCUT2D eigenvalue weighted by Crippen LogP contribution is -2.37. The van der Waals surface area contributed by atoms with E-state index in [0.717, 1.165) is 23.2 Å². The van der Waals surface area contributed by atoms with E-state index >= 15 is 0 Å². The summed E-state index contributed by atoms with van der Waals surface area (Å²) in [6.45, 7) is 8.05. The second kappa shape index (κ2) is 6.50. The molecule has 3 heterocycles. The molecule has 0 aromatic carbocycles. The zero-order valence-electron chi connectivity index (χ0n) is 14.1. The van der Waals surface area contributed by atoms with Gasteiger partial charge in [-0.3, -0.25) is 4.98 Å². The van der Waals surface area contributed by atoms with Crippen LogP contribution in [0.25, 0.3) is 11.1 Å². The van der Waals surface area contributed by atoms with Crippen LogP contribution in [0.2, 0.25) is 0 Å². The first-order chi connectivity index (χ1) is 11.5. The first-order valence-electron chi connectivity index (χ1n) is 7.72. The Morgan fingerprint density at radius 3 is 2.92 bits per heavy atom. The Morgan fingerprint density at radius 2 is 2.21 bits per heavy atom. The fraction of sp³-hybridized carbons (Fsp3) is 0.263. The Bertz CT molecular complexity index is 882. The topological polar surface area (TPSA) is 54.5 Å². The van der Waals surface area contributed by atoms with E-state index in [1.807, 2.05) is 25.1 Å². The molecule has 1 unspecified atom stereocenters. The van der Waals surface area contributed by atoms with Crippen molar-refractivity contribution in [2.45, 2.75) is 26.3 Å². The van der Waals surface area contributed by atoms with Gasteiger partial charge in [0.1, 0.15) is 0 Å². The van der Waals surface area contributed by atoms with E-state index in [1.165, 1.54) is 16.0 Å². The summed E-state index contributed by atoms with van der Waals surface area (Å²) in [7, 11) is 1.90. The fourth-order valence-electron chi connectivity index (χ4n) is 2.81. The largest absolute Gasteiger partial charge is 0.370 e. The van der Waals surface area contributed by atoms with Crippen LogP contribution in [0.1, 0.15) is 35.4 Å². The van der Waals surface area contributed by atoms with Crippen LogP contribution in [0.5, 0.6) is 0 Å². The number of nitrogens with zero attached hydrogens (tertiary/aromatic N) is 3. The van der Waals surface area contributed by atoms with Crippen LogP contribution in [0.3, 0.4) is 0 Å². The Kier molecular flexibility index (Phi) is 4.41. The summed E-state index contributed by atoms with van der Waals surface area (Å²) in [6.07, 6.45) is 4.46. The molecule has 24 heavy (non-hydrogen) atoms. The van der Waals surface area contributed by atoms with Gasteiger partial charge >= 0.3 is 0 Å². The highest BCUT2D eigenvalue weighted by atomic mass is 32.1. The van der Waals surface area contributed by atoms with Crippen LogP contribution in [-0.2, 0) is 0 Å². The van der Waals surface area contributed by atoms with Gasteiger partial charge in [-0.05, 0) is 36.4 Å². The van der Waals surface area contributed by atoms with Gasteiger partial charge in [-0.25, -0.2) is 4.99 Å². The van der Waals surface area contributed by atoms with Gasteiger partial charge in [-0.2, -0.15) is 0 Å². The SMILES string of the molecule is C=C1CC(c2scc(-c3cncc(C#CC)c3)c2C)N=C(N)N1C. The molecule has 2 aromatic heterocycles. The van der Waals surface area contributed by atoms with Crippen molar-refractivity contribution in [2.75, 3.05) is 7.05 Å². The van der Waals surface area contributed by atoms with Gasteiger partial charge in [-0.1, -0.05) is 12.5 Å². The first kappa shape index (κ1) is 16.3. The van der Waals surface area contributed by atoms with Crippen molar-refractivity contribution < 1.29 is 0 Å². The van der Waals surface area contributed by atoms with Crippen molar-refractivity contribution in [2.24, 2.45) is 10.7 Å². The number of nitrogens with two attached hydrogens (primary N) is 1. The second-order valence-electron chi connectivity index (χ2n) is 5.81. The highest BCUT2D eigenvalue weighted by Gasteiger charge is 2.25. The lowest BCUT2D eigenvalue weighted by Gasteiger charge is -2.29. The van der Waals surface area contributed by atoms with Crippen LogP contribution < -0.4 is 5.73 Å². The number of hydrogen-bond donors (Lipinski definition) is 1. The maximum atomic E-state index is 6.01. The predicted octanol–water partition coefficient (Wildman–Crippen LogP) is 3.69. The highest BCUT2D eigenvalue weighted by molar-refractivity contribution is 7.10. The Balaban J connectivity index is 1.99. The summed E-state index contributed by atoms with van der Waals surface area (Å²) >= 11 is 1.72. The summed E-state index contributed by atoms with van der Waals surface area (Å²) in [4.78, 5) is 12.0. The van der Waals surface area contributed by atoms with E-state index in [2.05, 4.69) is 46.8 Å². The van der Waals surface area contributed by atoms with Gasteiger partial charge in [0.25, 0.3) is 0 Å². The molecule has 0 amide bonds. The molecule has 3 rings (SSSR count). The molecule has 1 atom stereocenters. The maximum Gasteiger partial charge on any atom is 0.195 e. The number of thiophene rings is 1. The highest BCUT2D eigenvalue weighted by Crippen LogP contribution is 2.39. The number of pyridine rings is 1. The van der Waals surface area contributed by atoms with E-state index in [-0.39, 0.29) is 6.04 Å². The van der Waals surface area contributed by atoms with E-state index in [0.29, 0.717) is 5.96 Å². The zero-order valence-corrected chi connectivity index (χ0v) is 14.9. The van der Waals surface area contributed by atoms with Crippen LogP contribution in [0.4, 0.5) is 0 Å². The molecule has 0 spiro atoms. The zero-order chi connectivity index (χ0) is 17.3. The Morgan fingerprint density at radius 1 is 1.42 bits per heavy atom. The van der Waals surface area contributed by atoms with Crippen LogP contribution >= 0.6 is 11.3 Å². The third-order valence-electron chi connectivity index (χ3n) is 4.23. The average Bonchev–Trinajstić information content (AvgIpc) is 2.94. The van der Waals surface area contributed by atoms with Gasteiger partial charge in [-0.15, -0.1) is 17.3 Å². The molecule has 0 aliphatic carbocycles. The van der Waals surface area contributed by atoms with Crippen molar-refractivity contribution in [1.29, 1.82) is 0 Å². The van der Waals surface area contributed by atoms with Crippen LogP contribution in [0.15, 0.2) is 41.1 Å². The molecule has 1 aliphatic rings. The normalized spacial score (nSPS) is 17.3. The molecule has 0 fully saturated rings. The van der Waals surface area contributed by atoms with Crippen molar-refractivity contribution in [1.82, 2.24) is 9.88 Å². The van der Waals surface area contributed by atoms with Gasteiger partial charge < -0.3 is 10.6 Å². The number of guanidine groups is 1. The number of hydrogen-bond acceptors (Lipinski definition) is 5. The van der Waals surface area contributed by atoms with Crippen LogP contribution in [0, 0.1) is 18.8 Å². The summed E-state index contributed by atoms with van der Waals surface area (Å²) in [5, 5.41) is 2.16. The van der Waals surface area contributed by atoms with E-state index in [1.54, 1.807) is 17.5 Å². The molecule has 122 valence electrons. The van der Waals surface area contributed by atoms with Crippen LogP contribution in [-0.4, -0.2) is 22.9 Å². The Hall–Kier alpha value is -2.58. The summed E-state index contributed by atoms with van der Waals surface area (Å²) in [5.74, 6) is 6.49. The Labute approximate surface area is 146 Å². The second-order valence-corrected chi connectivity index (χ2v) is 6.72. The number of aromatic nitrogens is 1. The van der Waals surface area contributed by atoms with E-state index < -0.39 is 0 Å². The molecule has 0 bridgehead atoms. The van der Waals surface area contributed by atoms with Crippen molar-refractivity contribution in [3.63, 3.8) is 0 Å². The van der Waals surface area contributed by atoms with E-state index in [4.69, 9.17) is 5.73 Å². The molecule has 0 radical (unpaired) electrons.